The topological polar surface area (TPSA) is 110 Å². The van der Waals surface area contributed by atoms with E-state index in [0.717, 1.165) is 0 Å². The Morgan fingerprint density at radius 3 is 2.39 bits per heavy atom. The number of hydrogen-bond donors (Lipinski definition) is 3. The standard InChI is InChI=1S/C20H19N3O5/c1-27-13-7-12(8-14(9-13)28-2)23-18(24)11-22-20(26)16-10-21-17-6-4-3-5-15(17)19(16)25/h3-10H,11H2,1-2H3,(H,21,25)(H,22,26)(H,23,24). The summed E-state index contributed by atoms with van der Waals surface area (Å²) in [5, 5.41) is 5.50. The summed E-state index contributed by atoms with van der Waals surface area (Å²) in [6.45, 7) is -0.301. The Kier molecular flexibility index (Phi) is 5.59. The number of ether oxygens (including phenoxy) is 2. The average Bonchev–Trinajstić information content (AvgIpc) is 2.72. The van der Waals surface area contributed by atoms with E-state index in [1.807, 2.05) is 0 Å². The van der Waals surface area contributed by atoms with Crippen molar-refractivity contribution >= 4 is 28.4 Å². The molecular weight excluding hydrogens is 362 g/mol. The second kappa shape index (κ2) is 8.26. The third-order valence-corrected chi connectivity index (χ3v) is 4.08. The van der Waals surface area contributed by atoms with Gasteiger partial charge in [-0.2, -0.15) is 0 Å². The van der Waals surface area contributed by atoms with Crippen LogP contribution in [0.1, 0.15) is 10.4 Å². The predicted octanol–water partition coefficient (Wildman–Crippen LogP) is 1.91. The zero-order valence-corrected chi connectivity index (χ0v) is 15.4. The Balaban J connectivity index is 1.67. The lowest BCUT2D eigenvalue weighted by atomic mass is 10.1. The number of H-pyrrole nitrogens is 1. The minimum absolute atomic E-state index is 0.0606. The first-order chi connectivity index (χ1) is 13.5. The van der Waals surface area contributed by atoms with E-state index in [4.69, 9.17) is 9.47 Å². The zero-order chi connectivity index (χ0) is 20.1. The molecule has 2 aromatic carbocycles. The molecule has 0 radical (unpaired) electrons. The Labute approximate surface area is 160 Å². The van der Waals surface area contributed by atoms with E-state index >= 15 is 0 Å². The van der Waals surface area contributed by atoms with E-state index < -0.39 is 17.2 Å². The maximum atomic E-state index is 12.4. The van der Waals surface area contributed by atoms with Crippen LogP contribution >= 0.6 is 0 Å². The molecule has 0 bridgehead atoms. The molecule has 8 nitrogen and oxygen atoms in total. The van der Waals surface area contributed by atoms with Crippen LogP contribution in [0, 0.1) is 0 Å². The van der Waals surface area contributed by atoms with Crippen LogP contribution in [0.15, 0.2) is 53.5 Å². The number of para-hydroxylation sites is 1. The van der Waals surface area contributed by atoms with Crippen molar-refractivity contribution in [2.75, 3.05) is 26.1 Å². The number of methoxy groups -OCH3 is 2. The highest BCUT2D eigenvalue weighted by atomic mass is 16.5. The Bertz CT molecular complexity index is 1070. The largest absolute Gasteiger partial charge is 0.497 e. The molecule has 28 heavy (non-hydrogen) atoms. The normalized spacial score (nSPS) is 10.4. The van der Waals surface area contributed by atoms with Crippen LogP contribution in [0.2, 0.25) is 0 Å². The highest BCUT2D eigenvalue weighted by Crippen LogP contribution is 2.25. The highest BCUT2D eigenvalue weighted by Gasteiger charge is 2.14. The van der Waals surface area contributed by atoms with Crippen LogP contribution < -0.4 is 25.5 Å². The van der Waals surface area contributed by atoms with Gasteiger partial charge in [-0.05, 0) is 12.1 Å². The van der Waals surface area contributed by atoms with Gasteiger partial charge in [0.05, 0.1) is 20.8 Å². The van der Waals surface area contributed by atoms with E-state index in [-0.39, 0.29) is 12.1 Å². The van der Waals surface area contributed by atoms with Crippen LogP contribution in [-0.4, -0.2) is 37.6 Å². The monoisotopic (exact) mass is 381 g/mol. The number of rotatable bonds is 6. The lowest BCUT2D eigenvalue weighted by molar-refractivity contribution is -0.115. The van der Waals surface area contributed by atoms with Gasteiger partial charge in [0.25, 0.3) is 5.91 Å². The van der Waals surface area contributed by atoms with Crippen molar-refractivity contribution in [3.8, 4) is 11.5 Å². The van der Waals surface area contributed by atoms with Crippen molar-refractivity contribution in [3.63, 3.8) is 0 Å². The Morgan fingerprint density at radius 1 is 1.04 bits per heavy atom. The molecule has 144 valence electrons. The highest BCUT2D eigenvalue weighted by molar-refractivity contribution is 6.00. The quantitative estimate of drug-likeness (QED) is 0.604. The van der Waals surface area contributed by atoms with Gasteiger partial charge in [0.15, 0.2) is 0 Å². The fraction of sp³-hybridized carbons (Fsp3) is 0.150. The Morgan fingerprint density at radius 2 is 1.71 bits per heavy atom. The number of hydrogen-bond acceptors (Lipinski definition) is 5. The molecule has 0 saturated heterocycles. The number of nitrogens with one attached hydrogen (secondary N) is 3. The third-order valence-electron chi connectivity index (χ3n) is 4.08. The zero-order valence-electron chi connectivity index (χ0n) is 15.4. The molecule has 1 heterocycles. The smallest absolute Gasteiger partial charge is 0.257 e. The van der Waals surface area contributed by atoms with Crippen molar-refractivity contribution in [1.29, 1.82) is 0 Å². The van der Waals surface area contributed by atoms with Gasteiger partial charge in [-0.25, -0.2) is 0 Å². The van der Waals surface area contributed by atoms with E-state index in [9.17, 15) is 14.4 Å². The minimum atomic E-state index is -0.634. The molecule has 3 aromatic rings. The molecule has 8 heteroatoms. The van der Waals surface area contributed by atoms with E-state index in [1.165, 1.54) is 20.4 Å². The number of aromatic amines is 1. The molecule has 3 N–H and O–H groups in total. The number of anilines is 1. The number of pyridine rings is 1. The van der Waals surface area contributed by atoms with Gasteiger partial charge >= 0.3 is 0 Å². The molecule has 1 aromatic heterocycles. The minimum Gasteiger partial charge on any atom is -0.497 e. The van der Waals surface area contributed by atoms with Gasteiger partial charge in [0, 0.05) is 41.0 Å². The van der Waals surface area contributed by atoms with Crippen LogP contribution in [-0.2, 0) is 4.79 Å². The number of benzene rings is 2. The maximum Gasteiger partial charge on any atom is 0.257 e. The van der Waals surface area contributed by atoms with Crippen LogP contribution in [0.3, 0.4) is 0 Å². The molecule has 0 aliphatic rings. The van der Waals surface area contributed by atoms with Gasteiger partial charge in [-0.3, -0.25) is 14.4 Å². The summed E-state index contributed by atoms with van der Waals surface area (Å²) in [6, 6.07) is 11.8. The molecule has 2 amide bonds. The van der Waals surface area contributed by atoms with Gasteiger partial charge in [0.2, 0.25) is 11.3 Å². The summed E-state index contributed by atoms with van der Waals surface area (Å²) < 4.78 is 10.3. The molecule has 0 saturated carbocycles. The van der Waals surface area contributed by atoms with Crippen LogP contribution in [0.25, 0.3) is 10.9 Å². The van der Waals surface area contributed by atoms with E-state index in [0.29, 0.717) is 28.1 Å². The number of aromatic nitrogens is 1. The summed E-state index contributed by atoms with van der Waals surface area (Å²) in [7, 11) is 3.00. The summed E-state index contributed by atoms with van der Waals surface area (Å²) in [4.78, 5) is 39.8. The fourth-order valence-corrected chi connectivity index (χ4v) is 2.68. The predicted molar refractivity (Wildman–Crippen MR) is 105 cm³/mol. The lowest BCUT2D eigenvalue weighted by Gasteiger charge is -2.10. The second-order valence-corrected chi connectivity index (χ2v) is 5.91. The second-order valence-electron chi connectivity index (χ2n) is 5.91. The number of carbonyl (C=O) groups is 2. The molecule has 3 rings (SSSR count). The van der Waals surface area contributed by atoms with Crippen molar-refractivity contribution < 1.29 is 19.1 Å². The number of fused-ring (bicyclic) bond motifs is 1. The summed E-state index contributed by atoms with van der Waals surface area (Å²) in [5.41, 5.74) is 0.632. The first kappa shape index (κ1) is 19.0. The SMILES string of the molecule is COc1cc(NC(=O)CNC(=O)c2c[nH]c3ccccc3c2=O)cc(OC)c1. The van der Waals surface area contributed by atoms with Gasteiger partial charge in [-0.1, -0.05) is 12.1 Å². The molecule has 0 aliphatic carbocycles. The molecule has 0 aliphatic heterocycles. The molecule has 0 unspecified atom stereocenters. The van der Waals surface area contributed by atoms with Gasteiger partial charge in [0.1, 0.15) is 17.1 Å². The van der Waals surface area contributed by atoms with Crippen molar-refractivity contribution in [2.45, 2.75) is 0 Å². The molecule has 0 atom stereocenters. The van der Waals surface area contributed by atoms with Crippen LogP contribution in [0.5, 0.6) is 11.5 Å². The van der Waals surface area contributed by atoms with E-state index in [1.54, 1.807) is 42.5 Å². The van der Waals surface area contributed by atoms with Gasteiger partial charge < -0.3 is 25.1 Å². The van der Waals surface area contributed by atoms with Crippen molar-refractivity contribution in [1.82, 2.24) is 10.3 Å². The molecular formula is C20H19N3O5. The summed E-state index contributed by atoms with van der Waals surface area (Å²) in [5.74, 6) is -0.0611. The third kappa shape index (κ3) is 4.12. The van der Waals surface area contributed by atoms with E-state index in [2.05, 4.69) is 15.6 Å². The van der Waals surface area contributed by atoms with Crippen LogP contribution in [0.4, 0.5) is 5.69 Å². The first-order valence-corrected chi connectivity index (χ1v) is 8.43. The summed E-state index contributed by atoms with van der Waals surface area (Å²) >= 11 is 0. The number of amides is 2. The van der Waals surface area contributed by atoms with Crippen molar-refractivity contribution in [3.05, 3.63) is 64.4 Å². The van der Waals surface area contributed by atoms with Gasteiger partial charge in [-0.15, -0.1) is 0 Å². The van der Waals surface area contributed by atoms with Crippen molar-refractivity contribution in [2.24, 2.45) is 0 Å². The molecule has 0 fully saturated rings. The first-order valence-electron chi connectivity index (χ1n) is 8.43. The average molecular weight is 381 g/mol. The lowest BCUT2D eigenvalue weighted by Crippen LogP contribution is -2.35. The number of carbonyl (C=O) groups excluding carboxylic acids is 2. The fourth-order valence-electron chi connectivity index (χ4n) is 2.68. The molecule has 0 spiro atoms. The Hall–Kier alpha value is -3.81. The summed E-state index contributed by atoms with van der Waals surface area (Å²) in [6.07, 6.45) is 1.34. The maximum absolute atomic E-state index is 12.4.